The van der Waals surface area contributed by atoms with Gasteiger partial charge in [0.05, 0.1) is 0 Å². The van der Waals surface area contributed by atoms with Gasteiger partial charge < -0.3 is 0 Å². The Labute approximate surface area is 132 Å². The van der Waals surface area contributed by atoms with Crippen LogP contribution in [0.25, 0.3) is 0 Å². The van der Waals surface area contributed by atoms with Crippen molar-refractivity contribution in [2.75, 3.05) is 0 Å². The summed E-state index contributed by atoms with van der Waals surface area (Å²) < 4.78 is 27.4. The highest BCUT2D eigenvalue weighted by Gasteiger charge is 2.26. The second-order valence-electron chi connectivity index (χ2n) is 6.60. The molecule has 21 heavy (non-hydrogen) atoms. The van der Waals surface area contributed by atoms with Crippen LogP contribution in [-0.4, -0.2) is 5.92 Å². The highest BCUT2D eigenvalue weighted by Crippen LogP contribution is 2.28. The van der Waals surface area contributed by atoms with Gasteiger partial charge in [-0.15, -0.1) is 0 Å². The van der Waals surface area contributed by atoms with E-state index in [-0.39, 0.29) is 12.8 Å². The van der Waals surface area contributed by atoms with E-state index < -0.39 is 5.92 Å². The van der Waals surface area contributed by atoms with Crippen molar-refractivity contribution >= 4 is 0 Å². The molecule has 0 unspecified atom stereocenters. The fourth-order valence-corrected chi connectivity index (χ4v) is 2.81. The standard InChI is InChI=1S/C19H38F2/c1-3-5-7-9-11-13-15-17-19(20,21)18-16-14-12-10-8-6-4-2/h3-18H2,1-2H3. The van der Waals surface area contributed by atoms with E-state index in [0.29, 0.717) is 12.8 Å². The molecule has 0 fully saturated rings. The first-order valence-electron chi connectivity index (χ1n) is 9.50. The molecule has 2 heteroatoms. The lowest BCUT2D eigenvalue weighted by molar-refractivity contribution is -0.0206. The van der Waals surface area contributed by atoms with Gasteiger partial charge in [0.2, 0.25) is 5.92 Å². The molecule has 0 N–H and O–H groups in total. The van der Waals surface area contributed by atoms with Crippen molar-refractivity contribution in [3.05, 3.63) is 0 Å². The smallest absolute Gasteiger partial charge is 0.207 e. The summed E-state index contributed by atoms with van der Waals surface area (Å²) in [6, 6.07) is 0. The Morgan fingerprint density at radius 3 is 1.10 bits per heavy atom. The molecule has 0 heterocycles. The summed E-state index contributed by atoms with van der Waals surface area (Å²) >= 11 is 0. The number of hydrogen-bond donors (Lipinski definition) is 0. The van der Waals surface area contributed by atoms with E-state index in [4.69, 9.17) is 0 Å². The Morgan fingerprint density at radius 1 is 0.476 bits per heavy atom. The Balaban J connectivity index is 3.35. The topological polar surface area (TPSA) is 0 Å². The Morgan fingerprint density at radius 2 is 0.762 bits per heavy atom. The van der Waals surface area contributed by atoms with E-state index in [2.05, 4.69) is 13.8 Å². The van der Waals surface area contributed by atoms with E-state index in [0.717, 1.165) is 25.7 Å². The zero-order valence-electron chi connectivity index (χ0n) is 14.6. The van der Waals surface area contributed by atoms with Gasteiger partial charge in [-0.05, 0) is 12.8 Å². The number of halogens is 2. The SMILES string of the molecule is CCCCCCCCCC(F)(F)CCCCCCCCC. The van der Waals surface area contributed by atoms with E-state index in [1.165, 1.54) is 51.4 Å². The Hall–Kier alpha value is -0.140. The summed E-state index contributed by atoms with van der Waals surface area (Å²) in [5, 5.41) is 0. The fourth-order valence-electron chi connectivity index (χ4n) is 2.81. The van der Waals surface area contributed by atoms with Crippen molar-refractivity contribution in [2.24, 2.45) is 0 Å². The minimum atomic E-state index is -2.41. The summed E-state index contributed by atoms with van der Waals surface area (Å²) in [6.07, 6.45) is 15.9. The van der Waals surface area contributed by atoms with Crippen molar-refractivity contribution in [3.63, 3.8) is 0 Å². The van der Waals surface area contributed by atoms with Gasteiger partial charge in [0, 0.05) is 12.8 Å². The molecule has 0 saturated heterocycles. The molecule has 0 radical (unpaired) electrons. The maximum atomic E-state index is 13.7. The number of unbranched alkanes of at least 4 members (excludes halogenated alkanes) is 12. The zero-order valence-corrected chi connectivity index (χ0v) is 14.6. The second-order valence-corrected chi connectivity index (χ2v) is 6.60. The fraction of sp³-hybridized carbons (Fsp3) is 1.00. The van der Waals surface area contributed by atoms with Crippen molar-refractivity contribution in [1.82, 2.24) is 0 Å². The third kappa shape index (κ3) is 16.1. The van der Waals surface area contributed by atoms with E-state index in [1.54, 1.807) is 0 Å². The second kappa shape index (κ2) is 14.8. The van der Waals surface area contributed by atoms with E-state index in [1.807, 2.05) is 0 Å². The van der Waals surface area contributed by atoms with Crippen molar-refractivity contribution < 1.29 is 8.78 Å². The molecule has 0 rings (SSSR count). The van der Waals surface area contributed by atoms with Gasteiger partial charge in [0.15, 0.2) is 0 Å². The van der Waals surface area contributed by atoms with Gasteiger partial charge in [-0.1, -0.05) is 90.9 Å². The minimum Gasteiger partial charge on any atom is -0.207 e. The average Bonchev–Trinajstić information content (AvgIpc) is 2.45. The predicted octanol–water partition coefficient (Wildman–Crippen LogP) is 7.90. The largest absolute Gasteiger partial charge is 0.248 e. The van der Waals surface area contributed by atoms with Gasteiger partial charge >= 0.3 is 0 Å². The van der Waals surface area contributed by atoms with Crippen molar-refractivity contribution in [1.29, 1.82) is 0 Å². The number of hydrogen-bond acceptors (Lipinski definition) is 0. The summed E-state index contributed by atoms with van der Waals surface area (Å²) in [4.78, 5) is 0. The van der Waals surface area contributed by atoms with Crippen LogP contribution in [0, 0.1) is 0 Å². The van der Waals surface area contributed by atoms with Crippen LogP contribution >= 0.6 is 0 Å². The minimum absolute atomic E-state index is 0.108. The van der Waals surface area contributed by atoms with Crippen LogP contribution in [0.15, 0.2) is 0 Å². The van der Waals surface area contributed by atoms with Crippen LogP contribution in [0.5, 0.6) is 0 Å². The van der Waals surface area contributed by atoms with E-state index in [9.17, 15) is 8.78 Å². The lowest BCUT2D eigenvalue weighted by atomic mass is 10.0. The molecule has 128 valence electrons. The van der Waals surface area contributed by atoms with Crippen LogP contribution in [0.4, 0.5) is 8.78 Å². The van der Waals surface area contributed by atoms with Gasteiger partial charge in [-0.25, -0.2) is 8.78 Å². The zero-order chi connectivity index (χ0) is 15.8. The molecule has 0 atom stereocenters. The van der Waals surface area contributed by atoms with Gasteiger partial charge in [-0.3, -0.25) is 0 Å². The van der Waals surface area contributed by atoms with Crippen LogP contribution in [0.1, 0.15) is 117 Å². The van der Waals surface area contributed by atoms with Gasteiger partial charge in [0.25, 0.3) is 0 Å². The molecule has 0 bridgehead atoms. The maximum absolute atomic E-state index is 13.7. The summed E-state index contributed by atoms with van der Waals surface area (Å²) in [7, 11) is 0. The molecular formula is C19H38F2. The third-order valence-corrected chi connectivity index (χ3v) is 4.29. The summed E-state index contributed by atoms with van der Waals surface area (Å²) in [5.74, 6) is -2.41. The third-order valence-electron chi connectivity index (χ3n) is 4.29. The lowest BCUT2D eigenvalue weighted by Crippen LogP contribution is -2.15. The van der Waals surface area contributed by atoms with Crippen LogP contribution in [0.2, 0.25) is 0 Å². The molecule has 0 aromatic rings. The van der Waals surface area contributed by atoms with Crippen LogP contribution < -0.4 is 0 Å². The van der Waals surface area contributed by atoms with Gasteiger partial charge in [-0.2, -0.15) is 0 Å². The first-order valence-corrected chi connectivity index (χ1v) is 9.50. The Bertz CT molecular complexity index is 182. The van der Waals surface area contributed by atoms with Crippen molar-refractivity contribution in [3.8, 4) is 0 Å². The average molecular weight is 305 g/mol. The molecule has 0 aliphatic rings. The number of rotatable bonds is 16. The molecular weight excluding hydrogens is 266 g/mol. The quantitative estimate of drug-likeness (QED) is 0.254. The van der Waals surface area contributed by atoms with Gasteiger partial charge in [0.1, 0.15) is 0 Å². The Kier molecular flexibility index (Phi) is 14.7. The molecule has 0 aromatic carbocycles. The highest BCUT2D eigenvalue weighted by molar-refractivity contribution is 4.66. The summed E-state index contributed by atoms with van der Waals surface area (Å²) in [6.45, 7) is 4.40. The maximum Gasteiger partial charge on any atom is 0.248 e. The predicted molar refractivity (Wildman–Crippen MR) is 90.2 cm³/mol. The monoisotopic (exact) mass is 304 g/mol. The summed E-state index contributed by atoms with van der Waals surface area (Å²) in [5.41, 5.74) is 0. The first-order chi connectivity index (χ1) is 10.1. The lowest BCUT2D eigenvalue weighted by Gasteiger charge is -2.16. The van der Waals surface area contributed by atoms with Crippen molar-refractivity contribution in [2.45, 2.75) is 123 Å². The molecule has 0 spiro atoms. The molecule has 0 saturated carbocycles. The molecule has 0 aromatic heterocycles. The van der Waals surface area contributed by atoms with Crippen LogP contribution in [-0.2, 0) is 0 Å². The molecule has 0 aliphatic carbocycles. The van der Waals surface area contributed by atoms with Crippen LogP contribution in [0.3, 0.4) is 0 Å². The molecule has 0 nitrogen and oxygen atoms in total. The normalized spacial score (nSPS) is 12.0. The highest BCUT2D eigenvalue weighted by atomic mass is 19.3. The number of alkyl halides is 2. The molecule has 0 amide bonds. The molecule has 0 aliphatic heterocycles. The first kappa shape index (κ1) is 20.9. The van der Waals surface area contributed by atoms with E-state index >= 15 is 0 Å².